The standard InChI is InChI=1S/C22H24FN3O3S/c1-14-9-10-16(13-18(14)23)24-20(27)15(2)30-22-25-19-8-5-4-7-17(19)21(28)26(22)11-6-12-29-3/h4-5,7-10,13,15H,6,11-12H2,1-3H3,(H,24,27). The second-order valence-corrected chi connectivity index (χ2v) is 8.24. The van der Waals surface area contributed by atoms with Crippen molar-refractivity contribution in [3.8, 4) is 0 Å². The molecule has 8 heteroatoms. The number of benzene rings is 2. The lowest BCUT2D eigenvalue weighted by molar-refractivity contribution is -0.115. The summed E-state index contributed by atoms with van der Waals surface area (Å²) in [5.41, 5.74) is 1.34. The average Bonchev–Trinajstić information content (AvgIpc) is 2.73. The average molecular weight is 430 g/mol. The lowest BCUT2D eigenvalue weighted by atomic mass is 10.2. The number of nitrogens with one attached hydrogen (secondary N) is 1. The predicted molar refractivity (Wildman–Crippen MR) is 118 cm³/mol. The first-order chi connectivity index (χ1) is 14.4. The number of hydrogen-bond acceptors (Lipinski definition) is 5. The number of hydrogen-bond donors (Lipinski definition) is 1. The van der Waals surface area contributed by atoms with Crippen LogP contribution in [0, 0.1) is 12.7 Å². The van der Waals surface area contributed by atoms with Gasteiger partial charge < -0.3 is 10.1 Å². The van der Waals surface area contributed by atoms with Gasteiger partial charge in [0.2, 0.25) is 5.91 Å². The molecule has 0 radical (unpaired) electrons. The Labute approximate surface area is 178 Å². The highest BCUT2D eigenvalue weighted by atomic mass is 32.2. The minimum atomic E-state index is -0.545. The fourth-order valence-electron chi connectivity index (χ4n) is 2.93. The minimum absolute atomic E-state index is 0.146. The number of carbonyl (C=O) groups excluding carboxylic acids is 1. The SMILES string of the molecule is COCCCn1c(SC(C)C(=O)Nc2ccc(C)c(F)c2)nc2ccccc2c1=O. The molecule has 0 fully saturated rings. The summed E-state index contributed by atoms with van der Waals surface area (Å²) in [4.78, 5) is 30.2. The van der Waals surface area contributed by atoms with E-state index in [0.717, 1.165) is 0 Å². The van der Waals surface area contributed by atoms with Gasteiger partial charge in [-0.15, -0.1) is 0 Å². The Hall–Kier alpha value is -2.71. The molecule has 0 aliphatic carbocycles. The van der Waals surface area contributed by atoms with Crippen molar-refractivity contribution in [1.82, 2.24) is 9.55 Å². The number of carbonyl (C=O) groups is 1. The first-order valence-corrected chi connectivity index (χ1v) is 10.5. The van der Waals surface area contributed by atoms with E-state index in [0.29, 0.717) is 46.9 Å². The van der Waals surface area contributed by atoms with Crippen molar-refractivity contribution in [2.24, 2.45) is 0 Å². The van der Waals surface area contributed by atoms with Gasteiger partial charge in [-0.1, -0.05) is 30.0 Å². The Kier molecular flexibility index (Phi) is 7.23. The van der Waals surface area contributed by atoms with E-state index in [2.05, 4.69) is 10.3 Å². The van der Waals surface area contributed by atoms with E-state index >= 15 is 0 Å². The highest BCUT2D eigenvalue weighted by Crippen LogP contribution is 2.24. The highest BCUT2D eigenvalue weighted by Gasteiger charge is 2.20. The smallest absolute Gasteiger partial charge is 0.262 e. The van der Waals surface area contributed by atoms with E-state index in [1.165, 1.54) is 17.8 Å². The summed E-state index contributed by atoms with van der Waals surface area (Å²) in [5, 5.41) is 3.17. The van der Waals surface area contributed by atoms with Crippen molar-refractivity contribution < 1.29 is 13.9 Å². The van der Waals surface area contributed by atoms with E-state index < -0.39 is 5.25 Å². The normalized spacial score (nSPS) is 12.1. The predicted octanol–water partition coefficient (Wildman–Crippen LogP) is 4.00. The van der Waals surface area contributed by atoms with Crippen molar-refractivity contribution in [3.05, 3.63) is 64.2 Å². The number of anilines is 1. The summed E-state index contributed by atoms with van der Waals surface area (Å²) in [5.74, 6) is -0.676. The Morgan fingerprint density at radius 2 is 2.07 bits per heavy atom. The van der Waals surface area contributed by atoms with Gasteiger partial charge in [0.1, 0.15) is 5.82 Å². The number of fused-ring (bicyclic) bond motifs is 1. The van der Waals surface area contributed by atoms with Crippen LogP contribution in [0.2, 0.25) is 0 Å². The van der Waals surface area contributed by atoms with Gasteiger partial charge in [-0.25, -0.2) is 9.37 Å². The molecule has 158 valence electrons. The monoisotopic (exact) mass is 429 g/mol. The molecule has 0 spiro atoms. The summed E-state index contributed by atoms with van der Waals surface area (Å²) in [6.07, 6.45) is 0.646. The Morgan fingerprint density at radius 3 is 2.80 bits per heavy atom. The summed E-state index contributed by atoms with van der Waals surface area (Å²) < 4.78 is 20.4. The topological polar surface area (TPSA) is 73.2 Å². The lowest BCUT2D eigenvalue weighted by Crippen LogP contribution is -2.27. The zero-order valence-corrected chi connectivity index (χ0v) is 18.0. The fraction of sp³-hybridized carbons (Fsp3) is 0.318. The molecule has 1 heterocycles. The molecule has 3 rings (SSSR count). The van der Waals surface area contributed by atoms with Crippen LogP contribution in [-0.2, 0) is 16.1 Å². The first kappa shape index (κ1) is 22.0. The van der Waals surface area contributed by atoms with Crippen LogP contribution in [0.1, 0.15) is 18.9 Å². The van der Waals surface area contributed by atoms with Gasteiger partial charge in [0.05, 0.1) is 16.2 Å². The van der Waals surface area contributed by atoms with Crippen molar-refractivity contribution in [2.75, 3.05) is 19.0 Å². The van der Waals surface area contributed by atoms with E-state index in [-0.39, 0.29) is 17.3 Å². The molecule has 1 unspecified atom stereocenters. The number of para-hydroxylation sites is 1. The number of halogens is 1. The van der Waals surface area contributed by atoms with Gasteiger partial charge in [0.15, 0.2) is 5.16 Å². The molecule has 30 heavy (non-hydrogen) atoms. The molecule has 3 aromatic rings. The summed E-state index contributed by atoms with van der Waals surface area (Å²) >= 11 is 1.20. The van der Waals surface area contributed by atoms with E-state index in [1.54, 1.807) is 55.9 Å². The second-order valence-electron chi connectivity index (χ2n) is 6.93. The van der Waals surface area contributed by atoms with Gasteiger partial charge >= 0.3 is 0 Å². The van der Waals surface area contributed by atoms with Crippen LogP contribution in [0.5, 0.6) is 0 Å². The summed E-state index contributed by atoms with van der Waals surface area (Å²) in [7, 11) is 1.61. The van der Waals surface area contributed by atoms with Crippen LogP contribution in [0.25, 0.3) is 10.9 Å². The number of methoxy groups -OCH3 is 1. The summed E-state index contributed by atoms with van der Waals surface area (Å²) in [6.45, 7) is 4.34. The quantitative estimate of drug-likeness (QED) is 0.333. The van der Waals surface area contributed by atoms with E-state index in [9.17, 15) is 14.0 Å². The molecular formula is C22H24FN3O3S. The highest BCUT2D eigenvalue weighted by molar-refractivity contribution is 8.00. The van der Waals surface area contributed by atoms with Crippen LogP contribution in [0.15, 0.2) is 52.4 Å². The molecule has 0 saturated carbocycles. The number of aromatic nitrogens is 2. The van der Waals surface area contributed by atoms with Crippen LogP contribution in [-0.4, -0.2) is 34.4 Å². The number of thioether (sulfide) groups is 1. The molecule has 0 aliphatic rings. The summed E-state index contributed by atoms with van der Waals surface area (Å²) in [6, 6.07) is 11.7. The van der Waals surface area contributed by atoms with Gasteiger partial charge in [0.25, 0.3) is 5.56 Å². The Balaban J connectivity index is 1.85. The van der Waals surface area contributed by atoms with E-state index in [1.807, 2.05) is 6.07 Å². The molecule has 6 nitrogen and oxygen atoms in total. The number of nitrogens with zero attached hydrogens (tertiary/aromatic N) is 2. The molecule has 0 bridgehead atoms. The molecule has 1 N–H and O–H groups in total. The van der Waals surface area contributed by atoms with Gasteiger partial charge in [-0.2, -0.15) is 0 Å². The van der Waals surface area contributed by atoms with Crippen LogP contribution >= 0.6 is 11.8 Å². The van der Waals surface area contributed by atoms with Crippen LogP contribution < -0.4 is 10.9 Å². The molecule has 1 amide bonds. The third-order valence-corrected chi connectivity index (χ3v) is 5.74. The fourth-order valence-corrected chi connectivity index (χ4v) is 3.86. The molecule has 0 saturated heterocycles. The number of aryl methyl sites for hydroxylation is 1. The van der Waals surface area contributed by atoms with E-state index in [4.69, 9.17) is 4.74 Å². The maximum absolute atomic E-state index is 13.8. The Morgan fingerprint density at radius 1 is 1.30 bits per heavy atom. The maximum Gasteiger partial charge on any atom is 0.262 e. The number of amides is 1. The van der Waals surface area contributed by atoms with Crippen molar-refractivity contribution in [1.29, 1.82) is 0 Å². The number of ether oxygens (including phenoxy) is 1. The maximum atomic E-state index is 13.8. The zero-order chi connectivity index (χ0) is 21.7. The Bertz CT molecular complexity index is 1120. The van der Waals surface area contributed by atoms with Crippen molar-refractivity contribution >= 4 is 34.3 Å². The van der Waals surface area contributed by atoms with Crippen molar-refractivity contribution in [3.63, 3.8) is 0 Å². The number of rotatable bonds is 8. The third kappa shape index (κ3) is 5.06. The molecule has 0 aliphatic heterocycles. The molecule has 1 atom stereocenters. The second kappa shape index (κ2) is 9.86. The third-order valence-electron chi connectivity index (χ3n) is 4.65. The minimum Gasteiger partial charge on any atom is -0.385 e. The largest absolute Gasteiger partial charge is 0.385 e. The van der Waals surface area contributed by atoms with Crippen LogP contribution in [0.3, 0.4) is 0 Å². The van der Waals surface area contributed by atoms with Gasteiger partial charge in [0, 0.05) is 25.9 Å². The van der Waals surface area contributed by atoms with Gasteiger partial charge in [-0.3, -0.25) is 14.2 Å². The molecule has 2 aromatic carbocycles. The first-order valence-electron chi connectivity index (χ1n) is 9.63. The molecule has 1 aromatic heterocycles. The van der Waals surface area contributed by atoms with Crippen LogP contribution in [0.4, 0.5) is 10.1 Å². The van der Waals surface area contributed by atoms with Crippen molar-refractivity contribution in [2.45, 2.75) is 37.2 Å². The molecular weight excluding hydrogens is 405 g/mol. The lowest BCUT2D eigenvalue weighted by Gasteiger charge is -2.16. The van der Waals surface area contributed by atoms with Gasteiger partial charge in [-0.05, 0) is 50.1 Å². The zero-order valence-electron chi connectivity index (χ0n) is 17.1.